The lowest BCUT2D eigenvalue weighted by molar-refractivity contribution is 0.159. The fraction of sp³-hybridized carbons (Fsp3) is 1.00. The van der Waals surface area contributed by atoms with Gasteiger partial charge in [-0.2, -0.15) is 0 Å². The molecular weight excluding hydrogens is 78.0 g/mol. The van der Waals surface area contributed by atoms with E-state index in [-0.39, 0.29) is 0 Å². The minimum Gasteiger partial charge on any atom is -0.360 e. The lowest BCUT2D eigenvalue weighted by atomic mass is 10.7. The van der Waals surface area contributed by atoms with Crippen molar-refractivity contribution >= 4 is 0 Å². The second-order valence-corrected chi connectivity index (χ2v) is 1.82. The molecule has 0 spiro atoms. The molecule has 2 atom stereocenters. The van der Waals surface area contributed by atoms with Crippen LogP contribution >= 0.6 is 0 Å². The summed E-state index contributed by atoms with van der Waals surface area (Å²) in [6.07, 6.45) is 0.546. The number of ether oxygens (including phenoxy) is 1. The molecule has 0 aromatic heterocycles. The van der Waals surface area contributed by atoms with Gasteiger partial charge in [-0.3, -0.25) is 4.90 Å². The van der Waals surface area contributed by atoms with Gasteiger partial charge in [0.25, 0.3) is 0 Å². The van der Waals surface area contributed by atoms with Crippen LogP contribution in [0.4, 0.5) is 0 Å². The first-order chi connectivity index (χ1) is 2.97. The number of nitrogens with zero attached hydrogens (tertiary/aromatic N) is 1. The zero-order valence-electron chi connectivity index (χ0n) is 3.55. The third kappa shape index (κ3) is 0.235. The Bertz CT molecular complexity index is 65.9. The maximum absolute atomic E-state index is 5.15. The van der Waals surface area contributed by atoms with Crippen LogP contribution in [0, 0.1) is 0 Å². The smallest absolute Gasteiger partial charge is 0.123 e. The molecule has 0 saturated carbocycles. The van der Waals surface area contributed by atoms with Gasteiger partial charge in [0.1, 0.15) is 6.23 Å². The van der Waals surface area contributed by atoms with Crippen molar-refractivity contribution in [2.45, 2.75) is 6.23 Å². The molecule has 0 aromatic rings. The molecule has 6 heavy (non-hydrogen) atoms. The van der Waals surface area contributed by atoms with E-state index in [4.69, 9.17) is 4.74 Å². The lowest BCUT2D eigenvalue weighted by Crippen LogP contribution is -1.96. The Balaban J connectivity index is 2.09. The van der Waals surface area contributed by atoms with Gasteiger partial charge in [0.2, 0.25) is 0 Å². The fourth-order valence-electron chi connectivity index (χ4n) is 0.853. The second-order valence-electron chi connectivity index (χ2n) is 1.82. The Kier molecular flexibility index (Phi) is 0.383. The van der Waals surface area contributed by atoms with Crippen molar-refractivity contribution in [3.8, 4) is 0 Å². The van der Waals surface area contributed by atoms with Crippen molar-refractivity contribution in [3.63, 3.8) is 0 Å². The zero-order valence-corrected chi connectivity index (χ0v) is 3.55. The summed E-state index contributed by atoms with van der Waals surface area (Å²) in [6.45, 7) is 3.33. The van der Waals surface area contributed by atoms with E-state index in [0.717, 1.165) is 6.61 Å². The normalized spacial score (nSPS) is 52.0. The van der Waals surface area contributed by atoms with Crippen LogP contribution in [0.1, 0.15) is 0 Å². The predicted molar refractivity (Wildman–Crippen MR) is 21.3 cm³/mol. The van der Waals surface area contributed by atoms with E-state index in [9.17, 15) is 0 Å². The number of hydrogen-bond donors (Lipinski definition) is 0. The number of hydrogen-bond acceptors (Lipinski definition) is 2. The molecule has 0 aliphatic carbocycles. The summed E-state index contributed by atoms with van der Waals surface area (Å²) in [5.41, 5.74) is 0. The monoisotopic (exact) mass is 85.1 g/mol. The summed E-state index contributed by atoms with van der Waals surface area (Å²) < 4.78 is 5.15. The fourth-order valence-corrected chi connectivity index (χ4v) is 0.853. The Morgan fingerprint density at radius 1 is 1.67 bits per heavy atom. The molecule has 0 aromatic carbocycles. The van der Waals surface area contributed by atoms with E-state index >= 15 is 0 Å². The van der Waals surface area contributed by atoms with E-state index in [1.54, 1.807) is 0 Å². The molecule has 2 saturated heterocycles. The van der Waals surface area contributed by atoms with Gasteiger partial charge < -0.3 is 4.74 Å². The first-order valence-corrected chi connectivity index (χ1v) is 2.32. The van der Waals surface area contributed by atoms with Crippen LogP contribution in [0.15, 0.2) is 0 Å². The van der Waals surface area contributed by atoms with Crippen molar-refractivity contribution < 1.29 is 4.74 Å². The van der Waals surface area contributed by atoms with Crippen LogP contribution in [-0.4, -0.2) is 30.8 Å². The molecule has 2 fully saturated rings. The molecule has 0 N–H and O–H groups in total. The van der Waals surface area contributed by atoms with E-state index in [1.807, 2.05) is 0 Å². The Morgan fingerprint density at radius 3 is 2.83 bits per heavy atom. The summed E-state index contributed by atoms with van der Waals surface area (Å²) >= 11 is 0. The topological polar surface area (TPSA) is 12.2 Å². The van der Waals surface area contributed by atoms with Crippen LogP contribution in [0.5, 0.6) is 0 Å². The molecule has 2 aliphatic heterocycles. The average molecular weight is 85.1 g/mol. The van der Waals surface area contributed by atoms with E-state index < -0.39 is 0 Å². The molecular formula is C4H7NO. The van der Waals surface area contributed by atoms with E-state index in [2.05, 4.69) is 4.90 Å². The molecule has 2 rings (SSSR count). The van der Waals surface area contributed by atoms with Crippen LogP contribution < -0.4 is 0 Å². The largest absolute Gasteiger partial charge is 0.360 e. The maximum Gasteiger partial charge on any atom is 0.123 e. The SMILES string of the molecule is C1CN2CC2O1. The molecule has 0 radical (unpaired) electrons. The van der Waals surface area contributed by atoms with Gasteiger partial charge in [-0.15, -0.1) is 0 Å². The van der Waals surface area contributed by atoms with Crippen LogP contribution in [0.3, 0.4) is 0 Å². The molecule has 0 amide bonds. The van der Waals surface area contributed by atoms with Crippen LogP contribution in [0.2, 0.25) is 0 Å². The zero-order chi connectivity index (χ0) is 3.98. The highest BCUT2D eigenvalue weighted by atomic mass is 16.5. The van der Waals surface area contributed by atoms with Gasteiger partial charge >= 0.3 is 0 Å². The molecule has 2 nitrogen and oxygen atoms in total. The van der Waals surface area contributed by atoms with Gasteiger partial charge in [0, 0.05) is 13.1 Å². The standard InChI is InChI=1S/C4H7NO/c1-2-6-4-3-5(1)4/h4H,1-3H2. The predicted octanol–water partition coefficient (Wildman–Crippen LogP) is -0.342. The minimum atomic E-state index is 0.546. The first kappa shape index (κ1) is 2.99. The van der Waals surface area contributed by atoms with E-state index in [0.29, 0.717) is 6.23 Å². The Labute approximate surface area is 36.7 Å². The molecule has 2 heterocycles. The Hall–Kier alpha value is -0.0800. The van der Waals surface area contributed by atoms with Crippen LogP contribution in [0.25, 0.3) is 0 Å². The van der Waals surface area contributed by atoms with Gasteiger partial charge in [0.05, 0.1) is 6.61 Å². The minimum absolute atomic E-state index is 0.546. The Morgan fingerprint density at radius 2 is 2.67 bits per heavy atom. The summed E-state index contributed by atoms with van der Waals surface area (Å²) in [5.74, 6) is 0. The van der Waals surface area contributed by atoms with Crippen molar-refractivity contribution in [1.82, 2.24) is 4.90 Å². The highest BCUT2D eigenvalue weighted by Gasteiger charge is 2.39. The molecule has 2 unspecified atom stereocenters. The van der Waals surface area contributed by atoms with E-state index in [1.165, 1.54) is 13.1 Å². The van der Waals surface area contributed by atoms with Gasteiger partial charge in [-0.1, -0.05) is 0 Å². The molecule has 0 bridgehead atoms. The third-order valence-electron chi connectivity index (χ3n) is 1.35. The van der Waals surface area contributed by atoms with Crippen molar-refractivity contribution in [3.05, 3.63) is 0 Å². The average Bonchev–Trinajstić information content (AvgIpc) is 2.17. The summed E-state index contributed by atoms with van der Waals surface area (Å²) in [5, 5.41) is 0. The van der Waals surface area contributed by atoms with Crippen molar-refractivity contribution in [2.75, 3.05) is 19.7 Å². The maximum atomic E-state index is 5.15. The van der Waals surface area contributed by atoms with Crippen molar-refractivity contribution in [2.24, 2.45) is 0 Å². The van der Waals surface area contributed by atoms with Gasteiger partial charge in [-0.05, 0) is 0 Å². The highest BCUT2D eigenvalue weighted by molar-refractivity contribution is 4.85. The summed E-state index contributed by atoms with van der Waals surface area (Å²) in [7, 11) is 0. The van der Waals surface area contributed by atoms with Gasteiger partial charge in [-0.25, -0.2) is 0 Å². The molecule has 2 aliphatic rings. The quantitative estimate of drug-likeness (QED) is 0.373. The highest BCUT2D eigenvalue weighted by Crippen LogP contribution is 2.22. The molecule has 34 valence electrons. The summed E-state index contributed by atoms with van der Waals surface area (Å²) in [4.78, 5) is 2.31. The number of rotatable bonds is 0. The number of fused-ring (bicyclic) bond motifs is 1. The lowest BCUT2D eigenvalue weighted by Gasteiger charge is -1.83. The van der Waals surface area contributed by atoms with Crippen molar-refractivity contribution in [1.29, 1.82) is 0 Å². The first-order valence-electron chi connectivity index (χ1n) is 2.32. The third-order valence-corrected chi connectivity index (χ3v) is 1.35. The van der Waals surface area contributed by atoms with Gasteiger partial charge in [0.15, 0.2) is 0 Å². The number of morpholine rings is 1. The molecule has 2 heteroatoms. The summed E-state index contributed by atoms with van der Waals surface area (Å²) in [6, 6.07) is 0. The second kappa shape index (κ2) is 0.768. The van der Waals surface area contributed by atoms with Crippen LogP contribution in [-0.2, 0) is 4.74 Å².